The molecule has 0 radical (unpaired) electrons. The normalized spacial score (nSPS) is 10.4. The highest BCUT2D eigenvalue weighted by Gasteiger charge is 2.08. The molecule has 3 rings (SSSR count). The Kier molecular flexibility index (Phi) is 4.95. The monoisotopic (exact) mass is 355 g/mol. The van der Waals surface area contributed by atoms with Crippen LogP contribution in [0.3, 0.4) is 0 Å². The van der Waals surface area contributed by atoms with Crippen LogP contribution in [0.25, 0.3) is 0 Å². The molecule has 2 N–H and O–H groups in total. The van der Waals surface area contributed by atoms with Crippen molar-refractivity contribution in [3.8, 4) is 0 Å². The highest BCUT2D eigenvalue weighted by molar-refractivity contribution is 6.30. The van der Waals surface area contributed by atoms with Crippen LogP contribution in [0.2, 0.25) is 5.02 Å². The molecule has 4 nitrogen and oxygen atoms in total. The topological polar surface area (TPSA) is 54.0 Å². The Balaban J connectivity index is 1.71. The fourth-order valence-electron chi connectivity index (χ4n) is 2.24. The zero-order valence-electron chi connectivity index (χ0n) is 13.4. The van der Waals surface area contributed by atoms with E-state index in [1.807, 2.05) is 25.1 Å². The van der Waals surface area contributed by atoms with Crippen molar-refractivity contribution < 1.29 is 9.18 Å². The average molecular weight is 356 g/mol. The van der Waals surface area contributed by atoms with Crippen molar-refractivity contribution in [1.82, 2.24) is 4.98 Å². The minimum Gasteiger partial charge on any atom is -0.340 e. The lowest BCUT2D eigenvalue weighted by Crippen LogP contribution is -2.12. The minimum atomic E-state index is -0.410. The third-order valence-corrected chi connectivity index (χ3v) is 3.81. The fourth-order valence-corrected chi connectivity index (χ4v) is 2.41. The van der Waals surface area contributed by atoms with Crippen LogP contribution in [-0.2, 0) is 0 Å². The van der Waals surface area contributed by atoms with Crippen LogP contribution in [0.1, 0.15) is 15.9 Å². The molecule has 0 atom stereocenters. The molecule has 2 aromatic carbocycles. The Morgan fingerprint density at radius 1 is 1.12 bits per heavy atom. The number of aryl methyl sites for hydroxylation is 1. The second kappa shape index (κ2) is 7.32. The van der Waals surface area contributed by atoms with E-state index in [1.165, 1.54) is 24.4 Å². The van der Waals surface area contributed by atoms with E-state index in [2.05, 4.69) is 15.6 Å². The summed E-state index contributed by atoms with van der Waals surface area (Å²) in [6, 6.07) is 14.6. The van der Waals surface area contributed by atoms with Gasteiger partial charge in [0.25, 0.3) is 5.91 Å². The molecule has 0 aliphatic carbocycles. The quantitative estimate of drug-likeness (QED) is 0.678. The summed E-state index contributed by atoms with van der Waals surface area (Å²) >= 11 is 6.00. The molecule has 0 aliphatic rings. The predicted octanol–water partition coefficient (Wildman–Crippen LogP) is 5.18. The molecule has 0 bridgehead atoms. The number of rotatable bonds is 4. The summed E-state index contributed by atoms with van der Waals surface area (Å²) in [5, 5.41) is 6.41. The summed E-state index contributed by atoms with van der Waals surface area (Å²) in [7, 11) is 0. The van der Waals surface area contributed by atoms with E-state index >= 15 is 0 Å². The lowest BCUT2D eigenvalue weighted by Gasteiger charge is -2.10. The van der Waals surface area contributed by atoms with Crippen molar-refractivity contribution in [2.24, 2.45) is 0 Å². The van der Waals surface area contributed by atoms with Crippen molar-refractivity contribution in [2.75, 3.05) is 10.6 Å². The minimum absolute atomic E-state index is 0.358. The van der Waals surface area contributed by atoms with Gasteiger partial charge < -0.3 is 10.6 Å². The van der Waals surface area contributed by atoms with Crippen LogP contribution in [0.5, 0.6) is 0 Å². The smallest absolute Gasteiger partial charge is 0.257 e. The van der Waals surface area contributed by atoms with Gasteiger partial charge in [0.05, 0.1) is 5.56 Å². The second-order valence-electron chi connectivity index (χ2n) is 5.48. The Bertz CT molecular complexity index is 913. The number of anilines is 3. The maximum absolute atomic E-state index is 13.2. The summed E-state index contributed by atoms with van der Waals surface area (Å²) in [4.78, 5) is 16.4. The predicted molar refractivity (Wildman–Crippen MR) is 98.1 cm³/mol. The molecule has 25 heavy (non-hydrogen) atoms. The molecule has 126 valence electrons. The molecule has 0 spiro atoms. The molecule has 1 aromatic heterocycles. The van der Waals surface area contributed by atoms with Crippen molar-refractivity contribution in [3.63, 3.8) is 0 Å². The number of nitrogens with one attached hydrogen (secondary N) is 2. The Labute approximate surface area is 149 Å². The zero-order valence-corrected chi connectivity index (χ0v) is 14.1. The zero-order chi connectivity index (χ0) is 17.8. The molecule has 1 heterocycles. The summed E-state index contributed by atoms with van der Waals surface area (Å²) in [5.74, 6) is -0.177. The van der Waals surface area contributed by atoms with Gasteiger partial charge in [0.1, 0.15) is 11.6 Å². The van der Waals surface area contributed by atoms with Gasteiger partial charge in [-0.1, -0.05) is 23.7 Å². The van der Waals surface area contributed by atoms with E-state index in [9.17, 15) is 9.18 Å². The van der Waals surface area contributed by atoms with E-state index in [-0.39, 0.29) is 5.91 Å². The van der Waals surface area contributed by atoms with Crippen molar-refractivity contribution in [2.45, 2.75) is 6.92 Å². The summed E-state index contributed by atoms with van der Waals surface area (Å²) in [6.45, 7) is 1.96. The van der Waals surface area contributed by atoms with Crippen LogP contribution in [0.4, 0.5) is 21.6 Å². The van der Waals surface area contributed by atoms with Crippen molar-refractivity contribution >= 4 is 34.7 Å². The number of aromatic nitrogens is 1. The number of halogens is 2. The van der Waals surface area contributed by atoms with Crippen LogP contribution < -0.4 is 10.6 Å². The second-order valence-corrected chi connectivity index (χ2v) is 5.92. The van der Waals surface area contributed by atoms with Gasteiger partial charge in [0.2, 0.25) is 0 Å². The number of benzene rings is 2. The van der Waals surface area contributed by atoms with Gasteiger partial charge in [-0.25, -0.2) is 9.37 Å². The molecule has 0 aliphatic heterocycles. The third kappa shape index (κ3) is 4.33. The molecule has 0 fully saturated rings. The van der Waals surface area contributed by atoms with Crippen LogP contribution in [0.15, 0.2) is 60.8 Å². The molecule has 6 heteroatoms. The Morgan fingerprint density at radius 2 is 1.96 bits per heavy atom. The molecule has 1 amide bonds. The molecule has 0 unspecified atom stereocenters. The maximum Gasteiger partial charge on any atom is 0.257 e. The van der Waals surface area contributed by atoms with Crippen LogP contribution in [-0.4, -0.2) is 10.9 Å². The Morgan fingerprint density at radius 3 is 2.68 bits per heavy atom. The number of hydrogen-bond acceptors (Lipinski definition) is 3. The maximum atomic E-state index is 13.2. The SMILES string of the molecule is Cc1ccc(Cl)cc1Nc1ccc(C(=O)Nc2cccc(F)c2)cn1. The van der Waals surface area contributed by atoms with E-state index in [0.29, 0.717) is 22.1 Å². The summed E-state index contributed by atoms with van der Waals surface area (Å²) < 4.78 is 13.2. The van der Waals surface area contributed by atoms with Gasteiger partial charge in [-0.2, -0.15) is 0 Å². The Hall–Kier alpha value is -2.92. The molecular weight excluding hydrogens is 341 g/mol. The fraction of sp³-hybridized carbons (Fsp3) is 0.0526. The average Bonchev–Trinajstić information content (AvgIpc) is 2.59. The van der Waals surface area contributed by atoms with E-state index in [4.69, 9.17) is 11.6 Å². The standard InChI is InChI=1S/C19H15ClFN3O/c1-12-5-7-14(20)9-17(12)24-18-8-6-13(11-22-18)19(25)23-16-4-2-3-15(21)10-16/h2-11H,1H3,(H,22,24)(H,23,25). The number of nitrogens with zero attached hydrogens (tertiary/aromatic N) is 1. The van der Waals surface area contributed by atoms with Gasteiger partial charge in [-0.05, 0) is 55.0 Å². The van der Waals surface area contributed by atoms with Gasteiger partial charge in [-0.3, -0.25) is 4.79 Å². The number of hydrogen-bond donors (Lipinski definition) is 2. The van der Waals surface area contributed by atoms with E-state index < -0.39 is 5.82 Å². The van der Waals surface area contributed by atoms with Gasteiger partial charge >= 0.3 is 0 Å². The third-order valence-electron chi connectivity index (χ3n) is 3.57. The first-order chi connectivity index (χ1) is 12.0. The van der Waals surface area contributed by atoms with Crippen LogP contribution in [0, 0.1) is 12.7 Å². The molecular formula is C19H15ClFN3O. The molecule has 0 saturated heterocycles. The lowest BCUT2D eigenvalue weighted by molar-refractivity contribution is 0.102. The van der Waals surface area contributed by atoms with Crippen LogP contribution >= 0.6 is 11.6 Å². The highest BCUT2D eigenvalue weighted by Crippen LogP contribution is 2.23. The summed E-state index contributed by atoms with van der Waals surface area (Å²) in [6.07, 6.45) is 1.46. The molecule has 3 aromatic rings. The first-order valence-corrected chi connectivity index (χ1v) is 7.95. The van der Waals surface area contributed by atoms with E-state index in [1.54, 1.807) is 18.2 Å². The highest BCUT2D eigenvalue weighted by atomic mass is 35.5. The first-order valence-electron chi connectivity index (χ1n) is 7.57. The number of carbonyl (C=O) groups is 1. The van der Waals surface area contributed by atoms with Crippen molar-refractivity contribution in [3.05, 3.63) is 82.8 Å². The summed E-state index contributed by atoms with van der Waals surface area (Å²) in [5.41, 5.74) is 2.63. The molecule has 0 saturated carbocycles. The first kappa shape index (κ1) is 16.9. The lowest BCUT2D eigenvalue weighted by atomic mass is 10.2. The van der Waals surface area contributed by atoms with Gasteiger partial charge in [0.15, 0.2) is 0 Å². The van der Waals surface area contributed by atoms with E-state index in [0.717, 1.165) is 11.3 Å². The van der Waals surface area contributed by atoms with Gasteiger partial charge in [-0.15, -0.1) is 0 Å². The van der Waals surface area contributed by atoms with Gasteiger partial charge in [0, 0.05) is 22.6 Å². The van der Waals surface area contributed by atoms with Crippen molar-refractivity contribution in [1.29, 1.82) is 0 Å². The number of carbonyl (C=O) groups excluding carboxylic acids is 1. The number of amides is 1. The number of pyridine rings is 1. The largest absolute Gasteiger partial charge is 0.340 e.